The molecule has 0 saturated heterocycles. The first kappa shape index (κ1) is 33.0. The topological polar surface area (TPSA) is 199 Å². The first-order valence-electron chi connectivity index (χ1n) is 15.2. The number of hydrogen-bond donors (Lipinski definition) is 4. The second-order valence-corrected chi connectivity index (χ2v) is 12.8. The van der Waals surface area contributed by atoms with E-state index in [1.165, 1.54) is 20.3 Å². The first-order valence-corrected chi connectivity index (χ1v) is 15.2. The molecule has 6 atom stereocenters. The number of methoxy groups -OCH3 is 2. The van der Waals surface area contributed by atoms with Gasteiger partial charge in [-0.2, -0.15) is 0 Å². The molecule has 2 fully saturated rings. The number of esters is 1. The minimum atomic E-state index is -2.71. The smallest absolute Gasteiger partial charge is 0.322 e. The van der Waals surface area contributed by atoms with Gasteiger partial charge >= 0.3 is 5.97 Å². The van der Waals surface area contributed by atoms with Crippen LogP contribution in [0.25, 0.3) is 11.1 Å². The molecular weight excluding hydrogens is 596 g/mol. The number of benzene rings is 2. The Balaban J connectivity index is 1.53. The van der Waals surface area contributed by atoms with E-state index in [0.29, 0.717) is 35.4 Å². The number of phenolic OH excluding ortho intramolecular Hbond substituents is 1. The number of amides is 1. The second kappa shape index (κ2) is 12.4. The molecule has 46 heavy (non-hydrogen) atoms. The van der Waals surface area contributed by atoms with Crippen LogP contribution in [-0.2, 0) is 41.7 Å². The van der Waals surface area contributed by atoms with Gasteiger partial charge in [0.05, 0.1) is 25.7 Å². The van der Waals surface area contributed by atoms with Gasteiger partial charge in [-0.05, 0) is 66.0 Å². The average Bonchev–Trinajstić information content (AvgIpc) is 3.00. The number of rotatable bonds is 9. The molecule has 0 heterocycles. The summed E-state index contributed by atoms with van der Waals surface area (Å²) in [5, 5.41) is 25.6. The molecule has 5 N–H and O–H groups in total. The highest BCUT2D eigenvalue weighted by atomic mass is 16.5. The van der Waals surface area contributed by atoms with Crippen molar-refractivity contribution in [1.82, 2.24) is 5.32 Å². The Morgan fingerprint density at radius 2 is 1.76 bits per heavy atom. The molecule has 5 rings (SSSR count). The fourth-order valence-corrected chi connectivity index (χ4v) is 7.41. The molecule has 2 aromatic rings. The summed E-state index contributed by atoms with van der Waals surface area (Å²) in [5.74, 6) is -10.4. The normalized spacial score (nSPS) is 26.2. The molecule has 0 radical (unpaired) electrons. The molecule has 0 spiro atoms. The van der Waals surface area contributed by atoms with Crippen LogP contribution in [0.15, 0.2) is 30.3 Å². The van der Waals surface area contributed by atoms with E-state index in [4.69, 9.17) is 15.2 Å². The summed E-state index contributed by atoms with van der Waals surface area (Å²) in [6.07, 6.45) is 0.272. The molecular formula is C34H38N2O10. The summed E-state index contributed by atoms with van der Waals surface area (Å²) in [6.45, 7) is 4.33. The van der Waals surface area contributed by atoms with Crippen LogP contribution in [0.2, 0.25) is 0 Å². The maximum Gasteiger partial charge on any atom is 0.322 e. The van der Waals surface area contributed by atoms with Crippen LogP contribution in [0.3, 0.4) is 0 Å². The lowest BCUT2D eigenvalue weighted by molar-refractivity contribution is -0.175. The van der Waals surface area contributed by atoms with Crippen molar-refractivity contribution in [3.63, 3.8) is 0 Å². The van der Waals surface area contributed by atoms with E-state index in [1.807, 2.05) is 26.0 Å². The summed E-state index contributed by atoms with van der Waals surface area (Å²) in [7, 11) is 2.84. The zero-order chi connectivity index (χ0) is 33.7. The maximum absolute atomic E-state index is 14.0. The van der Waals surface area contributed by atoms with Crippen molar-refractivity contribution in [3.8, 4) is 22.6 Å². The van der Waals surface area contributed by atoms with Gasteiger partial charge in [-0.1, -0.05) is 26.0 Å². The van der Waals surface area contributed by atoms with Crippen LogP contribution in [-0.4, -0.2) is 71.1 Å². The van der Waals surface area contributed by atoms with Gasteiger partial charge in [0.15, 0.2) is 34.7 Å². The maximum atomic E-state index is 14.0. The van der Waals surface area contributed by atoms with E-state index >= 15 is 0 Å². The predicted molar refractivity (Wildman–Crippen MR) is 163 cm³/mol. The fourth-order valence-electron chi connectivity index (χ4n) is 7.41. The third-order valence-corrected chi connectivity index (χ3v) is 9.59. The lowest BCUT2D eigenvalue weighted by Crippen LogP contribution is -2.68. The summed E-state index contributed by atoms with van der Waals surface area (Å²) >= 11 is 0. The summed E-state index contributed by atoms with van der Waals surface area (Å²) in [4.78, 5) is 77.9. The van der Waals surface area contributed by atoms with Crippen molar-refractivity contribution in [3.05, 3.63) is 47.0 Å². The predicted octanol–water partition coefficient (Wildman–Crippen LogP) is 1.68. The van der Waals surface area contributed by atoms with Gasteiger partial charge in [-0.3, -0.25) is 28.8 Å². The van der Waals surface area contributed by atoms with Crippen molar-refractivity contribution in [2.75, 3.05) is 14.2 Å². The van der Waals surface area contributed by atoms with Gasteiger partial charge in [-0.15, -0.1) is 0 Å². The number of aliphatic hydroxyl groups is 1. The minimum absolute atomic E-state index is 0.0119. The molecule has 0 bridgehead atoms. The quantitative estimate of drug-likeness (QED) is 0.231. The number of phenols is 1. The lowest BCUT2D eigenvalue weighted by atomic mass is 9.53. The monoisotopic (exact) mass is 634 g/mol. The molecule has 2 saturated carbocycles. The minimum Gasteiger partial charge on any atom is -0.507 e. The molecule has 3 unspecified atom stereocenters. The third-order valence-electron chi connectivity index (χ3n) is 9.59. The number of hydrogen-bond acceptors (Lipinski definition) is 11. The summed E-state index contributed by atoms with van der Waals surface area (Å²) in [5.41, 5.74) is 4.88. The molecule has 3 aliphatic carbocycles. The van der Waals surface area contributed by atoms with E-state index < -0.39 is 70.8 Å². The molecule has 2 aromatic carbocycles. The van der Waals surface area contributed by atoms with Gasteiger partial charge in [0.1, 0.15) is 17.5 Å². The summed E-state index contributed by atoms with van der Waals surface area (Å²) in [6, 6.07) is 7.92. The second-order valence-electron chi connectivity index (χ2n) is 12.8. The molecule has 244 valence electrons. The van der Waals surface area contributed by atoms with Crippen molar-refractivity contribution in [1.29, 1.82) is 0 Å². The number of carbonyl (C=O) groups excluding carboxylic acids is 6. The van der Waals surface area contributed by atoms with Gasteiger partial charge < -0.3 is 30.7 Å². The van der Waals surface area contributed by atoms with Crippen molar-refractivity contribution in [2.45, 2.75) is 57.7 Å². The lowest BCUT2D eigenvalue weighted by Gasteiger charge is -2.48. The number of ketones is 4. The molecule has 3 aliphatic rings. The third kappa shape index (κ3) is 5.39. The highest BCUT2D eigenvalue weighted by Crippen LogP contribution is 2.51. The van der Waals surface area contributed by atoms with Gasteiger partial charge in [-0.25, -0.2) is 0 Å². The SMILES string of the molecule is COC(=O)C(CC(C)C)NCc1ccc(OC)c(-c2ccc(O)c3c2C[C@H]2C[C@H]4CC(=O)C(C(N)=O)C(=O)[C@@]4(O)C(=O)C2C3=O)c1. The Bertz CT molecular complexity index is 1650. The summed E-state index contributed by atoms with van der Waals surface area (Å²) < 4.78 is 10.6. The van der Waals surface area contributed by atoms with Crippen LogP contribution < -0.4 is 15.8 Å². The number of ether oxygens (including phenoxy) is 2. The Hall–Kier alpha value is -4.42. The van der Waals surface area contributed by atoms with E-state index in [-0.39, 0.29) is 36.0 Å². The number of Topliss-reactive ketones (excluding diaryl/α,β-unsaturated/α-hetero) is 4. The molecule has 0 aromatic heterocycles. The Morgan fingerprint density at radius 3 is 2.39 bits per heavy atom. The zero-order valence-corrected chi connectivity index (χ0v) is 26.1. The fraction of sp³-hybridized carbons (Fsp3) is 0.471. The van der Waals surface area contributed by atoms with E-state index in [9.17, 15) is 39.0 Å². The van der Waals surface area contributed by atoms with E-state index in [2.05, 4.69) is 5.32 Å². The standard InChI is InChI=1S/C34H38N2O10/c1-15(2)9-22(33(43)46-4)36-14-16-5-8-25(45-3)20(10-16)19-6-7-23(37)27-21(19)12-17-11-18-13-24(38)28(32(35)42)31(41)34(18,44)30(40)26(17)29(27)39/h5-8,10,15,17-18,22,26,28,36-37,44H,9,11-14H2,1-4H3,(H2,35,42)/t17-,18+,22?,26?,28?,34+/m1/s1. The largest absolute Gasteiger partial charge is 0.507 e. The Morgan fingerprint density at radius 1 is 1.04 bits per heavy atom. The van der Waals surface area contributed by atoms with Gasteiger partial charge in [0.25, 0.3) is 0 Å². The molecule has 12 nitrogen and oxygen atoms in total. The van der Waals surface area contributed by atoms with E-state index in [0.717, 1.165) is 5.56 Å². The van der Waals surface area contributed by atoms with Crippen LogP contribution in [0, 0.1) is 29.6 Å². The first-order chi connectivity index (χ1) is 21.7. The molecule has 0 aliphatic heterocycles. The van der Waals surface area contributed by atoms with Crippen LogP contribution in [0.4, 0.5) is 0 Å². The highest BCUT2D eigenvalue weighted by Gasteiger charge is 2.66. The number of nitrogens with two attached hydrogens (primary N) is 1. The average molecular weight is 635 g/mol. The Labute approximate surface area is 265 Å². The van der Waals surface area contributed by atoms with E-state index in [1.54, 1.807) is 12.1 Å². The van der Waals surface area contributed by atoms with Crippen molar-refractivity contribution < 1.29 is 48.5 Å². The number of nitrogens with one attached hydrogen (secondary N) is 1. The number of aromatic hydroxyl groups is 1. The zero-order valence-electron chi connectivity index (χ0n) is 26.1. The number of carbonyl (C=O) groups is 6. The van der Waals surface area contributed by atoms with Crippen molar-refractivity contribution >= 4 is 35.0 Å². The Kier molecular flexibility index (Phi) is 8.89. The number of fused-ring (bicyclic) bond motifs is 3. The number of primary amides is 1. The van der Waals surface area contributed by atoms with Crippen LogP contribution in [0.1, 0.15) is 54.6 Å². The van der Waals surface area contributed by atoms with Crippen LogP contribution in [0.5, 0.6) is 11.5 Å². The van der Waals surface area contributed by atoms with Gasteiger partial charge in [0, 0.05) is 24.4 Å². The highest BCUT2D eigenvalue weighted by molar-refractivity contribution is 6.31. The van der Waals surface area contributed by atoms with Crippen LogP contribution >= 0.6 is 0 Å². The molecule has 12 heteroatoms. The molecule has 1 amide bonds. The van der Waals surface area contributed by atoms with Gasteiger partial charge in [0.2, 0.25) is 5.91 Å². The van der Waals surface area contributed by atoms with Crippen molar-refractivity contribution in [2.24, 2.45) is 35.3 Å².